The van der Waals surface area contributed by atoms with Crippen LogP contribution in [0.5, 0.6) is 11.5 Å². The van der Waals surface area contributed by atoms with Gasteiger partial charge < -0.3 is 19.3 Å². The molecular formula is C14H16ClN3O3. The van der Waals surface area contributed by atoms with E-state index in [1.165, 1.54) is 0 Å². The van der Waals surface area contributed by atoms with Crippen LogP contribution in [-0.4, -0.2) is 23.4 Å². The van der Waals surface area contributed by atoms with E-state index < -0.39 is 0 Å². The molecule has 21 heavy (non-hydrogen) atoms. The first-order chi connectivity index (χ1) is 10.2. The quantitative estimate of drug-likeness (QED) is 0.935. The van der Waals surface area contributed by atoms with Gasteiger partial charge in [-0.05, 0) is 24.6 Å². The molecule has 0 bridgehead atoms. The van der Waals surface area contributed by atoms with Crippen molar-refractivity contribution in [3.05, 3.63) is 34.4 Å². The molecule has 0 aliphatic carbocycles. The Balaban J connectivity index is 1.65. The molecule has 1 aromatic heterocycles. The van der Waals surface area contributed by atoms with Crippen LogP contribution in [0.15, 0.2) is 16.7 Å². The molecule has 0 atom stereocenters. The van der Waals surface area contributed by atoms with Crippen molar-refractivity contribution < 1.29 is 14.0 Å². The molecule has 7 heteroatoms. The van der Waals surface area contributed by atoms with Gasteiger partial charge in [-0.2, -0.15) is 4.98 Å². The Kier molecular flexibility index (Phi) is 4.26. The second kappa shape index (κ2) is 6.32. The first-order valence-corrected chi connectivity index (χ1v) is 7.18. The third kappa shape index (κ3) is 3.46. The van der Waals surface area contributed by atoms with Gasteiger partial charge in [0.25, 0.3) is 0 Å². The Morgan fingerprint density at radius 2 is 2.10 bits per heavy atom. The van der Waals surface area contributed by atoms with Gasteiger partial charge in [0.05, 0.1) is 24.8 Å². The highest BCUT2D eigenvalue weighted by molar-refractivity contribution is 6.32. The van der Waals surface area contributed by atoms with Crippen molar-refractivity contribution in [1.82, 2.24) is 15.5 Å². The summed E-state index contributed by atoms with van der Waals surface area (Å²) in [4.78, 5) is 4.13. The zero-order valence-electron chi connectivity index (χ0n) is 11.7. The number of nitrogens with zero attached hydrogens (tertiary/aromatic N) is 2. The van der Waals surface area contributed by atoms with Crippen LogP contribution >= 0.6 is 11.6 Å². The van der Waals surface area contributed by atoms with Gasteiger partial charge in [0.15, 0.2) is 17.3 Å². The maximum atomic E-state index is 6.25. The molecule has 2 heterocycles. The highest BCUT2D eigenvalue weighted by Gasteiger charge is 2.15. The topological polar surface area (TPSA) is 69.4 Å². The molecule has 0 unspecified atom stereocenters. The molecule has 0 amide bonds. The lowest BCUT2D eigenvalue weighted by atomic mass is 10.2. The number of hydrogen-bond acceptors (Lipinski definition) is 6. The van der Waals surface area contributed by atoms with Gasteiger partial charge in [-0.25, -0.2) is 0 Å². The third-order valence-electron chi connectivity index (χ3n) is 3.04. The van der Waals surface area contributed by atoms with Crippen molar-refractivity contribution in [2.24, 2.45) is 0 Å². The van der Waals surface area contributed by atoms with Crippen molar-refractivity contribution in [3.63, 3.8) is 0 Å². The summed E-state index contributed by atoms with van der Waals surface area (Å²) in [7, 11) is 0. The fourth-order valence-electron chi connectivity index (χ4n) is 2.11. The van der Waals surface area contributed by atoms with E-state index in [1.807, 2.05) is 12.1 Å². The fraction of sp³-hybridized carbons (Fsp3) is 0.429. The number of aromatic nitrogens is 2. The summed E-state index contributed by atoms with van der Waals surface area (Å²) in [5.41, 5.74) is 1.01. The Labute approximate surface area is 127 Å². The molecular weight excluding hydrogens is 294 g/mol. The van der Waals surface area contributed by atoms with Crippen molar-refractivity contribution in [3.8, 4) is 11.5 Å². The first-order valence-electron chi connectivity index (χ1n) is 6.80. The normalized spacial score (nSPS) is 14.0. The Hall–Kier alpha value is -1.79. The van der Waals surface area contributed by atoms with Gasteiger partial charge in [-0.1, -0.05) is 16.8 Å². The molecule has 2 aromatic rings. The van der Waals surface area contributed by atoms with Crippen LogP contribution < -0.4 is 14.8 Å². The maximum Gasteiger partial charge on any atom is 0.240 e. The van der Waals surface area contributed by atoms with Crippen LogP contribution in [0.2, 0.25) is 5.02 Å². The number of rotatable bonds is 4. The molecule has 0 saturated heterocycles. The average Bonchev–Trinajstić information content (AvgIpc) is 2.73. The summed E-state index contributed by atoms with van der Waals surface area (Å²) in [6.07, 6.45) is 0.856. The number of halogens is 1. The minimum absolute atomic E-state index is 0.507. The summed E-state index contributed by atoms with van der Waals surface area (Å²) in [5, 5.41) is 7.54. The zero-order chi connectivity index (χ0) is 14.7. The van der Waals surface area contributed by atoms with Crippen LogP contribution in [0.4, 0.5) is 0 Å². The van der Waals surface area contributed by atoms with Crippen molar-refractivity contribution >= 4 is 11.6 Å². The molecule has 3 rings (SSSR count). The number of hydrogen-bond donors (Lipinski definition) is 1. The van der Waals surface area contributed by atoms with Gasteiger partial charge in [-0.3, -0.25) is 0 Å². The summed E-state index contributed by atoms with van der Waals surface area (Å²) in [5.74, 6) is 2.52. The summed E-state index contributed by atoms with van der Waals surface area (Å²) >= 11 is 6.25. The molecule has 1 aliphatic heterocycles. The minimum Gasteiger partial charge on any atom is -0.489 e. The number of fused-ring (bicyclic) bond motifs is 1. The molecule has 1 aromatic carbocycles. The van der Waals surface area contributed by atoms with Crippen LogP contribution in [-0.2, 0) is 13.1 Å². The first kappa shape index (κ1) is 14.2. The van der Waals surface area contributed by atoms with Crippen LogP contribution in [0, 0.1) is 6.92 Å². The van der Waals surface area contributed by atoms with Crippen molar-refractivity contribution in [1.29, 1.82) is 0 Å². The Morgan fingerprint density at radius 3 is 2.90 bits per heavy atom. The van der Waals surface area contributed by atoms with Crippen LogP contribution in [0.1, 0.15) is 23.7 Å². The standard InChI is InChI=1S/C14H16ClN3O3/c1-9-17-13(21-18-9)8-16-7-10-5-11(15)14-12(6-10)19-3-2-4-20-14/h5-6,16H,2-4,7-8H2,1H3. The van der Waals surface area contributed by atoms with E-state index in [0.717, 1.165) is 12.0 Å². The van der Waals surface area contributed by atoms with Crippen molar-refractivity contribution in [2.45, 2.75) is 26.4 Å². The molecule has 1 aliphatic rings. The lowest BCUT2D eigenvalue weighted by Gasteiger charge is -2.11. The Bertz CT molecular complexity index is 630. The lowest BCUT2D eigenvalue weighted by Crippen LogP contribution is -2.13. The SMILES string of the molecule is Cc1noc(CNCc2cc(Cl)c3c(c2)OCCCO3)n1. The van der Waals surface area contributed by atoms with E-state index >= 15 is 0 Å². The summed E-state index contributed by atoms with van der Waals surface area (Å²) in [6, 6.07) is 3.82. The van der Waals surface area contributed by atoms with E-state index in [1.54, 1.807) is 6.92 Å². The van der Waals surface area contributed by atoms with E-state index in [2.05, 4.69) is 15.5 Å². The minimum atomic E-state index is 0.507. The van der Waals surface area contributed by atoms with Gasteiger partial charge in [-0.15, -0.1) is 0 Å². The van der Waals surface area contributed by atoms with Crippen LogP contribution in [0.25, 0.3) is 0 Å². The summed E-state index contributed by atoms with van der Waals surface area (Å²) in [6.45, 7) is 4.18. The van der Waals surface area contributed by atoms with E-state index in [9.17, 15) is 0 Å². The second-order valence-corrected chi connectivity index (χ2v) is 5.20. The van der Waals surface area contributed by atoms with Crippen molar-refractivity contribution in [2.75, 3.05) is 13.2 Å². The molecule has 0 radical (unpaired) electrons. The molecule has 0 fully saturated rings. The summed E-state index contributed by atoms with van der Waals surface area (Å²) < 4.78 is 16.3. The largest absolute Gasteiger partial charge is 0.489 e. The highest BCUT2D eigenvalue weighted by atomic mass is 35.5. The molecule has 0 spiro atoms. The number of ether oxygens (including phenoxy) is 2. The van der Waals surface area contributed by atoms with E-state index in [0.29, 0.717) is 54.5 Å². The molecule has 6 nitrogen and oxygen atoms in total. The Morgan fingerprint density at radius 1 is 1.24 bits per heavy atom. The highest BCUT2D eigenvalue weighted by Crippen LogP contribution is 2.37. The van der Waals surface area contributed by atoms with Gasteiger partial charge in [0.1, 0.15) is 0 Å². The van der Waals surface area contributed by atoms with Gasteiger partial charge in [0.2, 0.25) is 5.89 Å². The smallest absolute Gasteiger partial charge is 0.240 e. The number of aryl methyl sites for hydroxylation is 1. The molecule has 0 saturated carbocycles. The molecule has 1 N–H and O–H groups in total. The van der Waals surface area contributed by atoms with E-state index in [4.69, 9.17) is 25.6 Å². The molecule has 112 valence electrons. The van der Waals surface area contributed by atoms with E-state index in [-0.39, 0.29) is 0 Å². The second-order valence-electron chi connectivity index (χ2n) is 4.79. The van der Waals surface area contributed by atoms with Gasteiger partial charge >= 0.3 is 0 Å². The predicted molar refractivity (Wildman–Crippen MR) is 76.6 cm³/mol. The average molecular weight is 310 g/mol. The van der Waals surface area contributed by atoms with Crippen LogP contribution in [0.3, 0.4) is 0 Å². The number of benzene rings is 1. The number of nitrogens with one attached hydrogen (secondary N) is 1. The predicted octanol–water partition coefficient (Wildman–Crippen LogP) is 2.48. The monoisotopic (exact) mass is 309 g/mol. The van der Waals surface area contributed by atoms with Gasteiger partial charge in [0, 0.05) is 13.0 Å². The third-order valence-corrected chi connectivity index (χ3v) is 3.32. The lowest BCUT2D eigenvalue weighted by molar-refractivity contribution is 0.297. The fourth-order valence-corrected chi connectivity index (χ4v) is 2.40. The maximum absolute atomic E-state index is 6.25. The zero-order valence-corrected chi connectivity index (χ0v) is 12.4.